The number of amides is 2. The van der Waals surface area contributed by atoms with E-state index < -0.39 is 0 Å². The Morgan fingerprint density at radius 1 is 0.889 bits per heavy atom. The lowest BCUT2D eigenvalue weighted by Gasteiger charge is -2.19. The van der Waals surface area contributed by atoms with Crippen LogP contribution in [-0.4, -0.2) is 25.0 Å². The van der Waals surface area contributed by atoms with Crippen molar-refractivity contribution >= 4 is 23.2 Å². The van der Waals surface area contributed by atoms with Crippen molar-refractivity contribution in [1.82, 2.24) is 0 Å². The number of para-hydroxylation sites is 1. The van der Waals surface area contributed by atoms with Crippen molar-refractivity contribution in [1.29, 1.82) is 0 Å². The lowest BCUT2D eigenvalue weighted by Crippen LogP contribution is -2.21. The van der Waals surface area contributed by atoms with Gasteiger partial charge in [-0.3, -0.25) is 9.59 Å². The zero-order valence-electron chi connectivity index (χ0n) is 15.4. The Balaban J connectivity index is 1.37. The van der Waals surface area contributed by atoms with Gasteiger partial charge in [-0.2, -0.15) is 0 Å². The average molecular weight is 366 g/mol. The number of fused-ring (bicyclic) bond motifs is 1. The first kappa shape index (κ1) is 17.4. The number of ether oxygens (including phenoxy) is 2. The minimum atomic E-state index is -0.303. The normalized spacial score (nSPS) is 19.9. The zero-order valence-corrected chi connectivity index (χ0v) is 15.4. The molecule has 0 aromatic heterocycles. The first-order valence-electron chi connectivity index (χ1n) is 9.10. The molecule has 1 aliphatic heterocycles. The summed E-state index contributed by atoms with van der Waals surface area (Å²) in [4.78, 5) is 25.0. The summed E-state index contributed by atoms with van der Waals surface area (Å²) in [7, 11) is 0. The van der Waals surface area contributed by atoms with Crippen LogP contribution in [0.25, 0.3) is 0 Å². The molecule has 2 aromatic carbocycles. The van der Waals surface area contributed by atoms with E-state index in [2.05, 4.69) is 10.6 Å². The van der Waals surface area contributed by atoms with Crippen LogP contribution < -0.4 is 20.1 Å². The van der Waals surface area contributed by atoms with E-state index in [-0.39, 0.29) is 23.7 Å². The van der Waals surface area contributed by atoms with Gasteiger partial charge in [0.2, 0.25) is 11.8 Å². The van der Waals surface area contributed by atoms with Crippen LogP contribution in [-0.2, 0) is 9.59 Å². The third-order valence-corrected chi connectivity index (χ3v) is 5.00. The zero-order chi connectivity index (χ0) is 19.0. The predicted octanol–water partition coefficient (Wildman–Crippen LogP) is 3.29. The Labute approximate surface area is 157 Å². The van der Waals surface area contributed by atoms with E-state index in [1.165, 1.54) is 0 Å². The largest absolute Gasteiger partial charge is 0.486 e. The number of hydrogen-bond donors (Lipinski definition) is 2. The van der Waals surface area contributed by atoms with Gasteiger partial charge in [-0.05, 0) is 43.5 Å². The number of aryl methyl sites for hydroxylation is 2. The fourth-order valence-electron chi connectivity index (χ4n) is 3.36. The molecule has 1 saturated carbocycles. The molecule has 1 aliphatic carbocycles. The van der Waals surface area contributed by atoms with Crippen LogP contribution in [0.3, 0.4) is 0 Å². The Morgan fingerprint density at radius 2 is 1.52 bits per heavy atom. The summed E-state index contributed by atoms with van der Waals surface area (Å²) >= 11 is 0. The maximum atomic E-state index is 12.5. The van der Waals surface area contributed by atoms with Crippen LogP contribution in [0.15, 0.2) is 36.4 Å². The Morgan fingerprint density at radius 3 is 2.22 bits per heavy atom. The van der Waals surface area contributed by atoms with Crippen LogP contribution in [0.5, 0.6) is 11.5 Å². The minimum Gasteiger partial charge on any atom is -0.486 e. The molecule has 140 valence electrons. The molecule has 2 amide bonds. The molecule has 6 heteroatoms. The van der Waals surface area contributed by atoms with Crippen molar-refractivity contribution in [2.75, 3.05) is 23.8 Å². The van der Waals surface area contributed by atoms with E-state index >= 15 is 0 Å². The van der Waals surface area contributed by atoms with Gasteiger partial charge in [-0.25, -0.2) is 0 Å². The van der Waals surface area contributed by atoms with Crippen molar-refractivity contribution in [3.63, 3.8) is 0 Å². The molecule has 27 heavy (non-hydrogen) atoms. The molecule has 6 nitrogen and oxygen atoms in total. The van der Waals surface area contributed by atoms with Crippen LogP contribution in [0.2, 0.25) is 0 Å². The molecular weight excluding hydrogens is 344 g/mol. The van der Waals surface area contributed by atoms with Gasteiger partial charge in [0.1, 0.15) is 13.2 Å². The first-order valence-corrected chi connectivity index (χ1v) is 9.10. The molecule has 0 saturated heterocycles. The summed E-state index contributed by atoms with van der Waals surface area (Å²) in [6.45, 7) is 4.94. The molecule has 0 bridgehead atoms. The maximum Gasteiger partial charge on any atom is 0.228 e. The van der Waals surface area contributed by atoms with E-state index in [1.807, 2.05) is 32.0 Å². The van der Waals surface area contributed by atoms with Gasteiger partial charge in [0.25, 0.3) is 0 Å². The van der Waals surface area contributed by atoms with Crippen molar-refractivity contribution in [3.8, 4) is 11.5 Å². The standard InChI is InChI=1S/C21H22N2O4/c1-12-4-3-5-13(2)19(12)23-21(25)16-11-15(16)20(24)22-14-6-7-17-18(10-14)27-9-8-26-17/h3-7,10,15-16H,8-9,11H2,1-2H3,(H,22,24)(H,23,25). The summed E-state index contributed by atoms with van der Waals surface area (Å²) in [5, 5.41) is 5.85. The van der Waals surface area contributed by atoms with Gasteiger partial charge < -0.3 is 20.1 Å². The number of carbonyl (C=O) groups excluding carboxylic acids is 2. The molecule has 2 unspecified atom stereocenters. The third-order valence-electron chi connectivity index (χ3n) is 5.00. The smallest absolute Gasteiger partial charge is 0.228 e. The SMILES string of the molecule is Cc1cccc(C)c1NC(=O)C1CC1C(=O)Nc1ccc2c(c1)OCCO2. The van der Waals surface area contributed by atoms with Gasteiger partial charge in [0.15, 0.2) is 11.5 Å². The van der Waals surface area contributed by atoms with Crippen molar-refractivity contribution in [2.24, 2.45) is 11.8 Å². The summed E-state index contributed by atoms with van der Waals surface area (Å²) in [6.07, 6.45) is 0.563. The topological polar surface area (TPSA) is 76.7 Å². The summed E-state index contributed by atoms with van der Waals surface area (Å²) in [5.41, 5.74) is 3.51. The van der Waals surface area contributed by atoms with E-state index in [0.717, 1.165) is 16.8 Å². The monoisotopic (exact) mass is 366 g/mol. The Hall–Kier alpha value is -3.02. The van der Waals surface area contributed by atoms with Crippen LogP contribution in [0.4, 0.5) is 11.4 Å². The molecule has 0 radical (unpaired) electrons. The lowest BCUT2D eigenvalue weighted by atomic mass is 10.1. The van der Waals surface area contributed by atoms with E-state index in [0.29, 0.717) is 36.8 Å². The van der Waals surface area contributed by atoms with Gasteiger partial charge in [-0.1, -0.05) is 18.2 Å². The first-order chi connectivity index (χ1) is 13.0. The van der Waals surface area contributed by atoms with Crippen molar-refractivity contribution < 1.29 is 19.1 Å². The number of anilines is 2. The number of nitrogens with one attached hydrogen (secondary N) is 2. The molecule has 2 aliphatic rings. The minimum absolute atomic E-state index is 0.102. The molecule has 2 aromatic rings. The fraction of sp³-hybridized carbons (Fsp3) is 0.333. The number of carbonyl (C=O) groups is 2. The fourth-order valence-corrected chi connectivity index (χ4v) is 3.36. The number of hydrogen-bond acceptors (Lipinski definition) is 4. The van der Waals surface area contributed by atoms with Gasteiger partial charge in [0.05, 0.1) is 11.8 Å². The molecule has 0 spiro atoms. The predicted molar refractivity (Wildman–Crippen MR) is 102 cm³/mol. The van der Waals surface area contributed by atoms with E-state index in [1.54, 1.807) is 18.2 Å². The van der Waals surface area contributed by atoms with Crippen molar-refractivity contribution in [3.05, 3.63) is 47.5 Å². The quantitative estimate of drug-likeness (QED) is 0.871. The third kappa shape index (κ3) is 3.60. The van der Waals surface area contributed by atoms with Crippen LogP contribution >= 0.6 is 0 Å². The Bertz CT molecular complexity index is 889. The number of rotatable bonds is 4. The van der Waals surface area contributed by atoms with Gasteiger partial charge in [0, 0.05) is 17.4 Å². The second-order valence-electron chi connectivity index (χ2n) is 7.05. The highest BCUT2D eigenvalue weighted by Gasteiger charge is 2.48. The lowest BCUT2D eigenvalue weighted by molar-refractivity contribution is -0.122. The van der Waals surface area contributed by atoms with Crippen LogP contribution in [0, 0.1) is 25.7 Å². The highest BCUT2D eigenvalue weighted by atomic mass is 16.6. The number of benzene rings is 2. The molecule has 2 N–H and O–H groups in total. The molecule has 4 rings (SSSR count). The highest BCUT2D eigenvalue weighted by Crippen LogP contribution is 2.41. The summed E-state index contributed by atoms with van der Waals surface area (Å²) in [6, 6.07) is 11.2. The maximum absolute atomic E-state index is 12.5. The average Bonchev–Trinajstić information content (AvgIpc) is 3.46. The molecular formula is C21H22N2O4. The van der Waals surface area contributed by atoms with Gasteiger partial charge in [-0.15, -0.1) is 0 Å². The summed E-state index contributed by atoms with van der Waals surface area (Å²) in [5.74, 6) is 0.461. The summed E-state index contributed by atoms with van der Waals surface area (Å²) < 4.78 is 11.0. The molecule has 1 fully saturated rings. The van der Waals surface area contributed by atoms with Crippen molar-refractivity contribution in [2.45, 2.75) is 20.3 Å². The highest BCUT2D eigenvalue weighted by molar-refractivity contribution is 6.03. The van der Waals surface area contributed by atoms with E-state index in [9.17, 15) is 9.59 Å². The molecule has 1 heterocycles. The van der Waals surface area contributed by atoms with Gasteiger partial charge >= 0.3 is 0 Å². The van der Waals surface area contributed by atoms with Crippen LogP contribution in [0.1, 0.15) is 17.5 Å². The van der Waals surface area contributed by atoms with E-state index in [4.69, 9.17) is 9.47 Å². The second-order valence-corrected chi connectivity index (χ2v) is 7.05. The molecule has 2 atom stereocenters. The Kier molecular flexibility index (Phi) is 4.48. The second kappa shape index (κ2) is 6.95.